The van der Waals surface area contributed by atoms with Crippen LogP contribution in [-0.2, 0) is 0 Å². The van der Waals surface area contributed by atoms with Gasteiger partial charge in [0.15, 0.2) is 0 Å². The number of rotatable bonds is 3. The van der Waals surface area contributed by atoms with Crippen LogP contribution in [0.3, 0.4) is 0 Å². The van der Waals surface area contributed by atoms with Crippen LogP contribution in [0.2, 0.25) is 0 Å². The van der Waals surface area contributed by atoms with Crippen molar-refractivity contribution in [2.45, 2.75) is 6.92 Å². The number of benzene rings is 2. The maximum Gasteiger partial charge on any atom is 0.0110 e. The summed E-state index contributed by atoms with van der Waals surface area (Å²) in [5, 5.41) is 2.51. The Balaban J connectivity index is 2.43. The van der Waals surface area contributed by atoms with Crippen molar-refractivity contribution in [2.75, 3.05) is 6.54 Å². The van der Waals surface area contributed by atoms with E-state index in [0.29, 0.717) is 6.54 Å². The summed E-state index contributed by atoms with van der Waals surface area (Å²) >= 11 is 0. The van der Waals surface area contributed by atoms with Crippen LogP contribution < -0.4 is 5.73 Å². The minimum absolute atomic E-state index is 0.547. The third-order valence-electron chi connectivity index (χ3n) is 2.82. The summed E-state index contributed by atoms with van der Waals surface area (Å²) in [4.78, 5) is 0. The molecule has 0 radical (unpaired) electrons. The molecule has 0 spiro atoms. The molecular formula is C16H17N. The molecule has 0 fully saturated rings. The Morgan fingerprint density at radius 3 is 2.71 bits per heavy atom. The van der Waals surface area contributed by atoms with E-state index in [2.05, 4.69) is 49.9 Å². The summed E-state index contributed by atoms with van der Waals surface area (Å²) in [6.07, 6.45) is 3.89. The van der Waals surface area contributed by atoms with E-state index in [9.17, 15) is 0 Å². The Morgan fingerprint density at radius 1 is 1.18 bits per heavy atom. The van der Waals surface area contributed by atoms with Crippen molar-refractivity contribution in [1.29, 1.82) is 0 Å². The highest BCUT2D eigenvalue weighted by Crippen LogP contribution is 2.22. The zero-order valence-corrected chi connectivity index (χ0v) is 10.1. The first-order valence-electron chi connectivity index (χ1n) is 5.77. The Labute approximate surface area is 102 Å². The summed E-state index contributed by atoms with van der Waals surface area (Å²) in [5.41, 5.74) is 8.86. The fourth-order valence-corrected chi connectivity index (χ4v) is 1.87. The van der Waals surface area contributed by atoms with Gasteiger partial charge in [0.1, 0.15) is 0 Å². The van der Waals surface area contributed by atoms with Gasteiger partial charge < -0.3 is 5.73 Å². The number of hydrogen-bond donors (Lipinski definition) is 1. The van der Waals surface area contributed by atoms with Gasteiger partial charge >= 0.3 is 0 Å². The molecule has 0 amide bonds. The number of hydrogen-bond acceptors (Lipinski definition) is 1. The first-order valence-corrected chi connectivity index (χ1v) is 5.77. The van der Waals surface area contributed by atoms with Crippen molar-refractivity contribution in [3.8, 4) is 0 Å². The molecule has 1 nitrogen and oxygen atoms in total. The quantitative estimate of drug-likeness (QED) is 0.789. The molecule has 1 heteroatoms. The molecule has 0 unspecified atom stereocenters. The third-order valence-corrected chi connectivity index (χ3v) is 2.82. The van der Waals surface area contributed by atoms with Crippen LogP contribution in [0.15, 0.2) is 55.1 Å². The second-order valence-electron chi connectivity index (χ2n) is 4.23. The molecule has 0 aliphatic heterocycles. The van der Waals surface area contributed by atoms with Gasteiger partial charge in [-0.15, -0.1) is 0 Å². The molecule has 0 saturated heterocycles. The second kappa shape index (κ2) is 4.98. The van der Waals surface area contributed by atoms with Crippen LogP contribution in [0.25, 0.3) is 16.3 Å². The van der Waals surface area contributed by atoms with E-state index in [4.69, 9.17) is 5.73 Å². The highest BCUT2D eigenvalue weighted by Gasteiger charge is 1.98. The highest BCUT2D eigenvalue weighted by atomic mass is 14.5. The average Bonchev–Trinajstić information content (AvgIpc) is 2.35. The predicted octanol–water partition coefficient (Wildman–Crippen LogP) is 3.68. The van der Waals surface area contributed by atoms with E-state index in [0.717, 1.165) is 11.1 Å². The molecule has 2 rings (SSSR count). The van der Waals surface area contributed by atoms with Crippen LogP contribution in [0.5, 0.6) is 0 Å². The Morgan fingerprint density at radius 2 is 1.94 bits per heavy atom. The summed E-state index contributed by atoms with van der Waals surface area (Å²) in [7, 11) is 0. The van der Waals surface area contributed by atoms with Crippen LogP contribution in [0, 0.1) is 6.92 Å². The predicted molar refractivity (Wildman–Crippen MR) is 75.9 cm³/mol. The van der Waals surface area contributed by atoms with Gasteiger partial charge in [-0.05, 0) is 34.9 Å². The van der Waals surface area contributed by atoms with Gasteiger partial charge in [0.2, 0.25) is 0 Å². The van der Waals surface area contributed by atoms with Crippen LogP contribution in [0.1, 0.15) is 11.1 Å². The van der Waals surface area contributed by atoms with E-state index < -0.39 is 0 Å². The van der Waals surface area contributed by atoms with Crippen molar-refractivity contribution >= 4 is 16.3 Å². The fraction of sp³-hybridized carbons (Fsp3) is 0.125. The topological polar surface area (TPSA) is 26.0 Å². The van der Waals surface area contributed by atoms with Crippen molar-refractivity contribution in [3.63, 3.8) is 0 Å². The summed E-state index contributed by atoms with van der Waals surface area (Å²) in [6, 6.07) is 12.9. The molecule has 86 valence electrons. The van der Waals surface area contributed by atoms with Crippen molar-refractivity contribution in [2.24, 2.45) is 5.73 Å². The first-order chi connectivity index (χ1) is 8.20. The SMILES string of the molecule is C=C(/C=C\CN)c1ccc2ccc(C)cc2c1. The second-order valence-corrected chi connectivity index (χ2v) is 4.23. The van der Waals surface area contributed by atoms with Crippen LogP contribution in [0.4, 0.5) is 0 Å². The lowest BCUT2D eigenvalue weighted by Crippen LogP contribution is -1.92. The summed E-state index contributed by atoms with van der Waals surface area (Å²) < 4.78 is 0. The standard InChI is InChI=1S/C16H17N/c1-12-5-6-14-7-8-15(11-16(14)10-12)13(2)4-3-9-17/h3-8,10-11H,2,9,17H2,1H3/b4-3-. The van der Waals surface area contributed by atoms with Gasteiger partial charge in [-0.3, -0.25) is 0 Å². The first kappa shape index (κ1) is 11.6. The van der Waals surface area contributed by atoms with E-state index >= 15 is 0 Å². The number of fused-ring (bicyclic) bond motifs is 1. The van der Waals surface area contributed by atoms with E-state index in [1.165, 1.54) is 16.3 Å². The molecule has 0 aliphatic rings. The number of allylic oxidation sites excluding steroid dienone is 2. The third kappa shape index (κ3) is 2.63. The van der Waals surface area contributed by atoms with Gasteiger partial charge in [-0.1, -0.05) is 54.6 Å². The zero-order valence-electron chi connectivity index (χ0n) is 10.1. The van der Waals surface area contributed by atoms with Gasteiger partial charge in [0.25, 0.3) is 0 Å². The molecule has 0 saturated carbocycles. The Hall–Kier alpha value is -1.86. The van der Waals surface area contributed by atoms with Crippen molar-refractivity contribution < 1.29 is 0 Å². The molecule has 2 aromatic rings. The van der Waals surface area contributed by atoms with Crippen LogP contribution >= 0.6 is 0 Å². The number of aryl methyl sites for hydroxylation is 1. The molecule has 17 heavy (non-hydrogen) atoms. The summed E-state index contributed by atoms with van der Waals surface area (Å²) in [6.45, 7) is 6.70. The van der Waals surface area contributed by atoms with Gasteiger partial charge in [-0.2, -0.15) is 0 Å². The molecule has 0 aliphatic carbocycles. The minimum Gasteiger partial charge on any atom is -0.327 e. The van der Waals surface area contributed by atoms with E-state index in [-0.39, 0.29) is 0 Å². The molecule has 0 heterocycles. The molecular weight excluding hydrogens is 206 g/mol. The maximum absolute atomic E-state index is 5.44. The maximum atomic E-state index is 5.44. The lowest BCUT2D eigenvalue weighted by molar-refractivity contribution is 1.26. The molecule has 0 atom stereocenters. The molecule has 0 bridgehead atoms. The number of nitrogens with two attached hydrogens (primary N) is 1. The molecule has 0 aromatic heterocycles. The van der Waals surface area contributed by atoms with Crippen molar-refractivity contribution in [1.82, 2.24) is 0 Å². The largest absolute Gasteiger partial charge is 0.327 e. The van der Waals surface area contributed by atoms with E-state index in [1.807, 2.05) is 12.2 Å². The zero-order chi connectivity index (χ0) is 12.3. The normalized spacial score (nSPS) is 11.2. The monoisotopic (exact) mass is 223 g/mol. The Kier molecular flexibility index (Phi) is 3.40. The van der Waals surface area contributed by atoms with Gasteiger partial charge in [-0.25, -0.2) is 0 Å². The molecule has 2 N–H and O–H groups in total. The lowest BCUT2D eigenvalue weighted by atomic mass is 10.0. The smallest absolute Gasteiger partial charge is 0.0110 e. The average molecular weight is 223 g/mol. The minimum atomic E-state index is 0.547. The molecule has 2 aromatic carbocycles. The summed E-state index contributed by atoms with van der Waals surface area (Å²) in [5.74, 6) is 0. The highest BCUT2D eigenvalue weighted by molar-refractivity contribution is 5.87. The van der Waals surface area contributed by atoms with Gasteiger partial charge in [0, 0.05) is 6.54 Å². The fourth-order valence-electron chi connectivity index (χ4n) is 1.87. The van der Waals surface area contributed by atoms with Gasteiger partial charge in [0.05, 0.1) is 0 Å². The Bertz CT molecular complexity index is 579. The van der Waals surface area contributed by atoms with Crippen LogP contribution in [-0.4, -0.2) is 6.54 Å². The van der Waals surface area contributed by atoms with E-state index in [1.54, 1.807) is 0 Å². The van der Waals surface area contributed by atoms with Crippen molar-refractivity contribution in [3.05, 3.63) is 66.3 Å². The lowest BCUT2D eigenvalue weighted by Gasteiger charge is -2.04.